The van der Waals surface area contributed by atoms with E-state index in [0.717, 1.165) is 0 Å². The lowest BCUT2D eigenvalue weighted by Crippen LogP contribution is -2.11. The molecule has 0 saturated carbocycles. The van der Waals surface area contributed by atoms with Crippen LogP contribution in [0.25, 0.3) is 0 Å². The molecule has 1 rings (SSSR count). The Bertz CT molecular complexity index is 374. The van der Waals surface area contributed by atoms with Gasteiger partial charge in [-0.15, -0.1) is 0 Å². The average molecular weight is 332 g/mol. The van der Waals surface area contributed by atoms with Crippen LogP contribution in [0.1, 0.15) is 20.7 Å². The van der Waals surface area contributed by atoms with E-state index in [2.05, 4.69) is 9.47 Å². The summed E-state index contributed by atoms with van der Waals surface area (Å²) >= 11 is 14.6. The van der Waals surface area contributed by atoms with Gasteiger partial charge in [-0.2, -0.15) is 0 Å². The lowest BCUT2D eigenvalue weighted by Gasteiger charge is -2.04. The molecule has 0 aromatic heterocycles. The van der Waals surface area contributed by atoms with E-state index in [1.165, 1.54) is 26.4 Å². The molecule has 0 heterocycles. The van der Waals surface area contributed by atoms with E-state index in [0.29, 0.717) is 0 Å². The van der Waals surface area contributed by atoms with Crippen molar-refractivity contribution in [1.82, 2.24) is 0 Å². The van der Waals surface area contributed by atoms with Crippen LogP contribution in [0.4, 0.5) is 0 Å². The maximum Gasteiger partial charge on any atom is 0.338 e. The Balaban J connectivity index is 0.000000631. The van der Waals surface area contributed by atoms with Crippen LogP contribution in [0.3, 0.4) is 0 Å². The van der Waals surface area contributed by atoms with Crippen molar-refractivity contribution in [3.63, 3.8) is 0 Å². The van der Waals surface area contributed by atoms with Gasteiger partial charge in [0.05, 0.1) is 25.3 Å². The molecule has 4 nitrogen and oxygen atoms in total. The molecular weight excluding hydrogens is 321 g/mol. The highest BCUT2D eigenvalue weighted by Gasteiger charge is 2.16. The molecule has 0 unspecified atom stereocenters. The number of esters is 2. The summed E-state index contributed by atoms with van der Waals surface area (Å²) in [5.74, 6) is -2.30. The minimum absolute atomic E-state index is 0.210. The van der Waals surface area contributed by atoms with Crippen molar-refractivity contribution >= 4 is 51.6 Å². The molecule has 0 radical (unpaired) electrons. The Hall–Kier alpha value is -0.540. The highest BCUT2D eigenvalue weighted by molar-refractivity contribution is 8.20. The monoisotopic (exact) mass is 330 g/mol. The molecule has 0 aliphatic heterocycles. The summed E-state index contributed by atoms with van der Waals surface area (Å²) < 4.78 is 9.05. The van der Waals surface area contributed by atoms with Gasteiger partial charge in [-0.25, -0.2) is 9.59 Å². The lowest BCUT2D eigenvalue weighted by molar-refractivity contribution is 0.0555. The van der Waals surface area contributed by atoms with Gasteiger partial charge in [0.25, 0.3) is 0 Å². The van der Waals surface area contributed by atoms with Gasteiger partial charge >= 0.3 is 11.9 Å². The fraction of sp³-hybridized carbons (Fsp3) is 0.200. The third-order valence-corrected chi connectivity index (χ3v) is 1.74. The van der Waals surface area contributed by atoms with Crippen molar-refractivity contribution in [2.24, 2.45) is 0 Å². The van der Waals surface area contributed by atoms with E-state index in [9.17, 15) is 9.59 Å². The lowest BCUT2D eigenvalue weighted by atomic mass is 10.1. The minimum atomic E-state index is -1.20. The fourth-order valence-electron chi connectivity index (χ4n) is 1.06. The number of hydrogen-bond donors (Lipinski definition) is 0. The van der Waals surface area contributed by atoms with Crippen molar-refractivity contribution < 1.29 is 19.1 Å². The second kappa shape index (κ2) is 9.40. The number of methoxy groups -OCH3 is 2. The molecule has 1 aromatic rings. The number of carbonyl (C=O) groups excluding carboxylic acids is 2. The molecule has 8 heteroatoms. The quantitative estimate of drug-likeness (QED) is 0.602. The van der Waals surface area contributed by atoms with Crippen molar-refractivity contribution in [2.75, 3.05) is 14.2 Å². The third kappa shape index (κ3) is 6.41. The smallest absolute Gasteiger partial charge is 0.338 e. The summed E-state index contributed by atoms with van der Waals surface area (Å²) in [4.78, 5) is 22.4. The van der Waals surface area contributed by atoms with E-state index >= 15 is 0 Å². The van der Waals surface area contributed by atoms with Crippen LogP contribution in [0.2, 0.25) is 0 Å². The van der Waals surface area contributed by atoms with E-state index in [4.69, 9.17) is 33.7 Å². The molecule has 0 bridgehead atoms. The van der Waals surface area contributed by atoms with Crippen LogP contribution in [-0.4, -0.2) is 26.2 Å². The molecule has 1 aromatic carbocycles. The van der Waals surface area contributed by atoms with Crippen molar-refractivity contribution in [1.29, 1.82) is 0 Å². The molecule has 0 aliphatic rings. The third-order valence-electron chi connectivity index (χ3n) is 1.74. The van der Waals surface area contributed by atoms with Gasteiger partial charge in [0, 0.05) is 0 Å². The summed E-state index contributed by atoms with van der Waals surface area (Å²) in [6.45, 7) is 0. The number of benzene rings is 1. The zero-order valence-electron chi connectivity index (χ0n) is 9.52. The Kier molecular flexibility index (Phi) is 9.12. The zero-order valence-corrected chi connectivity index (χ0v) is 12.7. The van der Waals surface area contributed by atoms with Gasteiger partial charge in [-0.3, -0.25) is 0 Å². The summed E-state index contributed by atoms with van der Waals surface area (Å²) in [5, 5.41) is 0. The normalized spacial score (nSPS) is 9.22. The molecule has 0 atom stereocenters. The largest absolute Gasteiger partial charge is 0.465 e. The number of hydrogen-bond acceptors (Lipinski definition) is 4. The average Bonchev–Trinajstić information content (AvgIpc) is 2.36. The van der Waals surface area contributed by atoms with Gasteiger partial charge in [0.1, 0.15) is 0 Å². The second-order valence-corrected chi connectivity index (χ2v) is 7.70. The maximum atomic E-state index is 11.2. The van der Waals surface area contributed by atoms with E-state index in [-0.39, 0.29) is 11.1 Å². The van der Waals surface area contributed by atoms with Crippen molar-refractivity contribution in [3.05, 3.63) is 35.4 Å². The summed E-state index contributed by atoms with van der Waals surface area (Å²) in [7, 11) is 2.52. The highest BCUT2D eigenvalue weighted by atomic mass is 36.0. The molecule has 0 amide bonds. The van der Waals surface area contributed by atoms with Crippen LogP contribution in [0.15, 0.2) is 24.3 Å². The van der Waals surface area contributed by atoms with Gasteiger partial charge in [0.15, 0.2) is 5.98 Å². The van der Waals surface area contributed by atoms with Crippen LogP contribution in [0, 0.1) is 0 Å². The topological polar surface area (TPSA) is 52.6 Å². The Morgan fingerprint density at radius 3 is 1.44 bits per heavy atom. The number of rotatable bonds is 2. The van der Waals surface area contributed by atoms with Crippen LogP contribution in [0.5, 0.6) is 0 Å². The summed E-state index contributed by atoms with van der Waals surface area (Å²) in [6.07, 6.45) is 0. The van der Waals surface area contributed by atoms with Crippen LogP contribution >= 0.6 is 39.7 Å². The zero-order chi connectivity index (χ0) is 14.1. The summed E-state index contributed by atoms with van der Waals surface area (Å²) in [5.41, 5.74) is 0.420. The molecular formula is C10H10Cl3O4P. The van der Waals surface area contributed by atoms with Gasteiger partial charge in [-0.1, -0.05) is 45.9 Å². The molecule has 0 aliphatic carbocycles. The predicted octanol–water partition coefficient (Wildman–Crippen LogP) is 4.19. The first-order valence-electron chi connectivity index (χ1n) is 4.47. The van der Waals surface area contributed by atoms with E-state index in [1.807, 2.05) is 0 Å². The van der Waals surface area contributed by atoms with E-state index in [1.54, 1.807) is 12.1 Å². The Morgan fingerprint density at radius 1 is 0.944 bits per heavy atom. The molecule has 0 fully saturated rings. The molecule has 0 N–H and O–H groups in total. The highest BCUT2D eigenvalue weighted by Crippen LogP contribution is 2.51. The van der Waals surface area contributed by atoms with E-state index < -0.39 is 17.9 Å². The van der Waals surface area contributed by atoms with Crippen LogP contribution in [-0.2, 0) is 9.47 Å². The molecule has 0 spiro atoms. The fourth-order valence-corrected chi connectivity index (χ4v) is 1.06. The first kappa shape index (κ1) is 17.5. The van der Waals surface area contributed by atoms with Crippen molar-refractivity contribution in [3.8, 4) is 0 Å². The van der Waals surface area contributed by atoms with Crippen molar-refractivity contribution in [2.45, 2.75) is 0 Å². The Labute approximate surface area is 120 Å². The molecule has 0 saturated heterocycles. The first-order valence-corrected chi connectivity index (χ1v) is 8.52. The number of ether oxygens (including phenoxy) is 2. The number of halogens is 3. The maximum absolute atomic E-state index is 11.2. The minimum Gasteiger partial charge on any atom is -0.465 e. The molecule has 100 valence electrons. The van der Waals surface area contributed by atoms with Gasteiger partial charge < -0.3 is 9.47 Å². The molecule has 18 heavy (non-hydrogen) atoms. The predicted molar refractivity (Wildman–Crippen MR) is 73.6 cm³/mol. The Morgan fingerprint density at radius 2 is 1.22 bits per heavy atom. The standard InChI is InChI=1S/C10H10O4.Cl3P/c1-13-9(11)7-5-3-4-6-8(7)10(12)14-2;1-4(2)3/h3-6H,1-2H3;. The van der Waals surface area contributed by atoms with Gasteiger partial charge in [0.2, 0.25) is 0 Å². The SMILES string of the molecule is COC(=O)c1ccccc1C(=O)OC.ClP(Cl)Cl. The number of carbonyl (C=O) groups is 2. The second-order valence-electron chi connectivity index (χ2n) is 2.72. The summed E-state index contributed by atoms with van der Waals surface area (Å²) in [6, 6.07) is 6.33. The first-order chi connectivity index (χ1) is 8.43. The van der Waals surface area contributed by atoms with Crippen LogP contribution < -0.4 is 0 Å². The van der Waals surface area contributed by atoms with Gasteiger partial charge in [-0.05, 0) is 12.1 Å².